The van der Waals surface area contributed by atoms with Gasteiger partial charge in [0.05, 0.1) is 11.4 Å². The number of amides is 1. The predicted octanol–water partition coefficient (Wildman–Crippen LogP) is 1.15. The number of nitrogens with zero attached hydrogens (tertiary/aromatic N) is 2. The van der Waals surface area contributed by atoms with Crippen molar-refractivity contribution in [3.05, 3.63) is 21.9 Å². The second kappa shape index (κ2) is 6.16. The summed E-state index contributed by atoms with van der Waals surface area (Å²) in [6, 6.07) is 3.88. The van der Waals surface area contributed by atoms with Gasteiger partial charge in [0.2, 0.25) is 0 Å². The maximum absolute atomic E-state index is 12.3. The molecule has 0 atom stereocenters. The largest absolute Gasteiger partial charge is 0.480 e. The van der Waals surface area contributed by atoms with Gasteiger partial charge >= 0.3 is 5.97 Å². The van der Waals surface area contributed by atoms with E-state index in [-0.39, 0.29) is 12.5 Å². The first-order chi connectivity index (χ1) is 9.10. The van der Waals surface area contributed by atoms with Gasteiger partial charge in [0.1, 0.15) is 0 Å². The summed E-state index contributed by atoms with van der Waals surface area (Å²) in [5.74, 6) is -0.745. The van der Waals surface area contributed by atoms with E-state index in [0.29, 0.717) is 26.2 Å². The fourth-order valence-corrected chi connectivity index (χ4v) is 3.05. The summed E-state index contributed by atoms with van der Waals surface area (Å²) in [5.41, 5.74) is 0. The fraction of sp³-hybridized carbons (Fsp3) is 0.538. The van der Waals surface area contributed by atoms with Crippen LogP contribution in [0.1, 0.15) is 21.5 Å². The molecule has 0 saturated carbocycles. The van der Waals surface area contributed by atoms with Crippen LogP contribution in [0.15, 0.2) is 12.1 Å². The molecule has 19 heavy (non-hydrogen) atoms. The van der Waals surface area contributed by atoms with E-state index in [9.17, 15) is 9.59 Å². The van der Waals surface area contributed by atoms with E-state index in [0.717, 1.165) is 11.3 Å². The van der Waals surface area contributed by atoms with Gasteiger partial charge in [0, 0.05) is 31.1 Å². The number of carbonyl (C=O) groups is 2. The molecule has 1 N–H and O–H groups in total. The number of hydrogen-bond donors (Lipinski definition) is 1. The highest BCUT2D eigenvalue weighted by Gasteiger charge is 2.23. The van der Waals surface area contributed by atoms with Crippen molar-refractivity contribution < 1.29 is 14.7 Å². The third kappa shape index (κ3) is 3.54. The lowest BCUT2D eigenvalue weighted by atomic mass is 10.3. The smallest absolute Gasteiger partial charge is 0.317 e. The molecule has 1 aliphatic heterocycles. The Balaban J connectivity index is 1.90. The summed E-state index contributed by atoms with van der Waals surface area (Å²) >= 11 is 1.55. The van der Waals surface area contributed by atoms with Crippen LogP contribution < -0.4 is 0 Å². The van der Waals surface area contributed by atoms with Gasteiger partial charge in [0.15, 0.2) is 0 Å². The van der Waals surface area contributed by atoms with E-state index >= 15 is 0 Å². The van der Waals surface area contributed by atoms with Crippen LogP contribution in [-0.2, 0) is 11.2 Å². The lowest BCUT2D eigenvalue weighted by molar-refractivity contribution is -0.138. The highest BCUT2D eigenvalue weighted by atomic mass is 32.1. The molecule has 0 unspecified atom stereocenters. The van der Waals surface area contributed by atoms with Crippen LogP contribution in [0.4, 0.5) is 0 Å². The molecule has 1 aromatic rings. The van der Waals surface area contributed by atoms with Crippen molar-refractivity contribution in [1.29, 1.82) is 0 Å². The standard InChI is InChI=1S/C13H18N2O3S/c1-2-10-3-4-11(19-10)13(18)15-7-5-14(6-8-15)9-12(16)17/h3-4H,2,5-9H2,1H3,(H,16,17). The zero-order chi connectivity index (χ0) is 13.8. The second-order valence-corrected chi connectivity index (χ2v) is 5.75. The monoisotopic (exact) mass is 282 g/mol. The summed E-state index contributed by atoms with van der Waals surface area (Å²) in [6.45, 7) is 4.59. The van der Waals surface area contributed by atoms with Gasteiger partial charge in [-0.1, -0.05) is 6.92 Å². The molecule has 1 amide bonds. The molecular weight excluding hydrogens is 264 g/mol. The maximum atomic E-state index is 12.3. The van der Waals surface area contributed by atoms with Crippen LogP contribution in [0.25, 0.3) is 0 Å². The second-order valence-electron chi connectivity index (χ2n) is 4.58. The predicted molar refractivity (Wildman–Crippen MR) is 73.7 cm³/mol. The fourth-order valence-electron chi connectivity index (χ4n) is 2.14. The average Bonchev–Trinajstić information content (AvgIpc) is 2.87. The highest BCUT2D eigenvalue weighted by Crippen LogP contribution is 2.19. The molecule has 0 spiro atoms. The molecule has 104 valence electrons. The number of thiophene rings is 1. The Morgan fingerprint density at radius 1 is 1.26 bits per heavy atom. The Hall–Kier alpha value is -1.40. The molecule has 1 saturated heterocycles. The van der Waals surface area contributed by atoms with Gasteiger partial charge < -0.3 is 10.0 Å². The average molecular weight is 282 g/mol. The third-order valence-electron chi connectivity index (χ3n) is 3.24. The molecule has 1 aromatic heterocycles. The normalized spacial score (nSPS) is 16.6. The summed E-state index contributed by atoms with van der Waals surface area (Å²) < 4.78 is 0. The van der Waals surface area contributed by atoms with Crippen LogP contribution in [0, 0.1) is 0 Å². The molecule has 0 radical (unpaired) electrons. The van der Waals surface area contributed by atoms with Crippen molar-refractivity contribution in [2.24, 2.45) is 0 Å². The van der Waals surface area contributed by atoms with E-state index in [1.807, 2.05) is 21.9 Å². The molecule has 0 aromatic carbocycles. The van der Waals surface area contributed by atoms with Crippen LogP contribution in [-0.4, -0.2) is 59.5 Å². The SMILES string of the molecule is CCc1ccc(C(=O)N2CCN(CC(=O)O)CC2)s1. The van der Waals surface area contributed by atoms with Gasteiger partial charge in [0.25, 0.3) is 5.91 Å². The van der Waals surface area contributed by atoms with Crippen molar-refractivity contribution in [1.82, 2.24) is 9.80 Å². The molecule has 0 aliphatic carbocycles. The van der Waals surface area contributed by atoms with Crippen LogP contribution >= 0.6 is 11.3 Å². The molecule has 2 heterocycles. The van der Waals surface area contributed by atoms with Crippen molar-refractivity contribution in [2.75, 3.05) is 32.7 Å². The first-order valence-corrected chi connectivity index (χ1v) is 7.24. The molecule has 6 heteroatoms. The number of hydrogen-bond acceptors (Lipinski definition) is 4. The summed E-state index contributed by atoms with van der Waals surface area (Å²) in [6.07, 6.45) is 0.949. The molecule has 0 bridgehead atoms. The first-order valence-electron chi connectivity index (χ1n) is 6.42. The highest BCUT2D eigenvalue weighted by molar-refractivity contribution is 7.14. The van der Waals surface area contributed by atoms with Crippen molar-refractivity contribution in [2.45, 2.75) is 13.3 Å². The Morgan fingerprint density at radius 3 is 2.47 bits per heavy atom. The van der Waals surface area contributed by atoms with Crippen LogP contribution in [0.5, 0.6) is 0 Å². The van der Waals surface area contributed by atoms with Gasteiger partial charge in [-0.15, -0.1) is 11.3 Å². The van der Waals surface area contributed by atoms with Crippen molar-refractivity contribution >= 4 is 23.2 Å². The quantitative estimate of drug-likeness (QED) is 0.900. The van der Waals surface area contributed by atoms with Crippen molar-refractivity contribution in [3.8, 4) is 0 Å². The van der Waals surface area contributed by atoms with Crippen molar-refractivity contribution in [3.63, 3.8) is 0 Å². The Morgan fingerprint density at radius 2 is 1.95 bits per heavy atom. The third-order valence-corrected chi connectivity index (χ3v) is 4.46. The number of piperazine rings is 1. The zero-order valence-electron chi connectivity index (χ0n) is 11.0. The molecule has 1 aliphatic rings. The minimum atomic E-state index is -0.814. The minimum absolute atomic E-state index is 0.0566. The summed E-state index contributed by atoms with van der Waals surface area (Å²) in [7, 11) is 0. The van der Waals surface area contributed by atoms with Crippen LogP contribution in [0.3, 0.4) is 0 Å². The van der Waals surface area contributed by atoms with Gasteiger partial charge in [-0.2, -0.15) is 0 Å². The van der Waals surface area contributed by atoms with Gasteiger partial charge in [-0.05, 0) is 18.6 Å². The molecule has 5 nitrogen and oxygen atoms in total. The molecular formula is C13H18N2O3S. The number of carboxylic acids is 1. The summed E-state index contributed by atoms with van der Waals surface area (Å²) in [4.78, 5) is 28.5. The number of carboxylic acid groups (broad SMARTS) is 1. The topological polar surface area (TPSA) is 60.9 Å². The van der Waals surface area contributed by atoms with E-state index in [1.54, 1.807) is 11.3 Å². The van der Waals surface area contributed by atoms with Crippen LogP contribution in [0.2, 0.25) is 0 Å². The molecule has 2 rings (SSSR count). The first kappa shape index (κ1) is 14.0. The lowest BCUT2D eigenvalue weighted by Crippen LogP contribution is -2.49. The Kier molecular flexibility index (Phi) is 4.55. The van der Waals surface area contributed by atoms with E-state index < -0.39 is 5.97 Å². The number of rotatable bonds is 4. The molecule has 1 fully saturated rings. The maximum Gasteiger partial charge on any atom is 0.317 e. The van der Waals surface area contributed by atoms with E-state index in [2.05, 4.69) is 6.92 Å². The minimum Gasteiger partial charge on any atom is -0.480 e. The lowest BCUT2D eigenvalue weighted by Gasteiger charge is -2.33. The Bertz CT molecular complexity index is 464. The van der Waals surface area contributed by atoms with Gasteiger partial charge in [-0.3, -0.25) is 14.5 Å². The van der Waals surface area contributed by atoms with Gasteiger partial charge in [-0.25, -0.2) is 0 Å². The zero-order valence-corrected chi connectivity index (χ0v) is 11.8. The number of aryl methyl sites for hydroxylation is 1. The number of aliphatic carboxylic acids is 1. The Labute approximate surface area is 116 Å². The van der Waals surface area contributed by atoms with E-state index in [4.69, 9.17) is 5.11 Å². The number of carbonyl (C=O) groups excluding carboxylic acids is 1. The van der Waals surface area contributed by atoms with E-state index in [1.165, 1.54) is 4.88 Å². The summed E-state index contributed by atoms with van der Waals surface area (Å²) in [5, 5.41) is 8.73.